The zero-order chi connectivity index (χ0) is 8.48. The van der Waals surface area contributed by atoms with E-state index in [1.165, 1.54) is 0 Å². The fourth-order valence-corrected chi connectivity index (χ4v) is 1.37. The highest BCUT2D eigenvalue weighted by Gasteiger charge is 2.33. The zero-order valence-electron chi connectivity index (χ0n) is 7.59. The first-order valence-corrected chi connectivity index (χ1v) is 3.89. The van der Waals surface area contributed by atoms with Crippen molar-refractivity contribution in [2.45, 2.75) is 45.4 Å². The predicted molar refractivity (Wildman–Crippen MR) is 41.1 cm³/mol. The smallest absolute Gasteiger partial charge is 0.272 e. The van der Waals surface area contributed by atoms with Crippen LogP contribution in [0, 0.1) is 0 Å². The number of rotatable bonds is 1. The summed E-state index contributed by atoms with van der Waals surface area (Å²) in [5.74, 6) is 0. The van der Waals surface area contributed by atoms with Crippen molar-refractivity contribution in [2.75, 3.05) is 7.11 Å². The van der Waals surface area contributed by atoms with Crippen LogP contribution < -0.4 is 0 Å². The van der Waals surface area contributed by atoms with Crippen LogP contribution in [0.1, 0.15) is 27.2 Å². The van der Waals surface area contributed by atoms with Crippen LogP contribution in [-0.4, -0.2) is 25.3 Å². The van der Waals surface area contributed by atoms with Gasteiger partial charge in [0.05, 0.1) is 11.7 Å². The summed E-state index contributed by atoms with van der Waals surface area (Å²) < 4.78 is 15.7. The molecule has 0 aromatic carbocycles. The molecule has 0 N–H and O–H groups in total. The SMILES string of the molecule is COC1OC(C)CC(C)(C)O1. The van der Waals surface area contributed by atoms with Crippen molar-refractivity contribution in [1.82, 2.24) is 0 Å². The Bertz CT molecular complexity index is 133. The van der Waals surface area contributed by atoms with E-state index in [1.54, 1.807) is 7.11 Å². The van der Waals surface area contributed by atoms with Gasteiger partial charge < -0.3 is 14.2 Å². The summed E-state index contributed by atoms with van der Waals surface area (Å²) in [6, 6.07) is 0. The van der Waals surface area contributed by atoms with Crippen molar-refractivity contribution in [2.24, 2.45) is 0 Å². The molecule has 2 unspecified atom stereocenters. The van der Waals surface area contributed by atoms with Gasteiger partial charge in [-0.2, -0.15) is 0 Å². The molecular weight excluding hydrogens is 144 g/mol. The average Bonchev–Trinajstić information content (AvgIpc) is 1.83. The molecule has 0 aromatic heterocycles. The number of ether oxygens (including phenoxy) is 3. The molecule has 3 nitrogen and oxygen atoms in total. The van der Waals surface area contributed by atoms with Crippen LogP contribution in [0.5, 0.6) is 0 Å². The molecule has 1 aliphatic heterocycles. The molecule has 1 heterocycles. The van der Waals surface area contributed by atoms with E-state index < -0.39 is 6.48 Å². The monoisotopic (exact) mass is 160 g/mol. The van der Waals surface area contributed by atoms with E-state index in [2.05, 4.69) is 0 Å². The molecule has 2 atom stereocenters. The second kappa shape index (κ2) is 3.09. The maximum Gasteiger partial charge on any atom is 0.272 e. The first-order chi connectivity index (χ1) is 5.03. The fourth-order valence-electron chi connectivity index (χ4n) is 1.37. The molecule has 66 valence electrons. The van der Waals surface area contributed by atoms with E-state index >= 15 is 0 Å². The highest BCUT2D eigenvalue weighted by atomic mass is 16.9. The number of methoxy groups -OCH3 is 1. The minimum Gasteiger partial charge on any atom is -0.333 e. The summed E-state index contributed by atoms with van der Waals surface area (Å²) in [5, 5.41) is 0. The normalized spacial score (nSPS) is 37.1. The van der Waals surface area contributed by atoms with Gasteiger partial charge in [-0.15, -0.1) is 0 Å². The quantitative estimate of drug-likeness (QED) is 0.582. The Morgan fingerprint density at radius 1 is 1.45 bits per heavy atom. The van der Waals surface area contributed by atoms with Crippen LogP contribution in [0.15, 0.2) is 0 Å². The Morgan fingerprint density at radius 2 is 2.09 bits per heavy atom. The Hall–Kier alpha value is -0.120. The molecule has 1 saturated heterocycles. The van der Waals surface area contributed by atoms with Gasteiger partial charge in [0.2, 0.25) is 0 Å². The summed E-state index contributed by atoms with van der Waals surface area (Å²) in [6.45, 7) is 5.61. The van der Waals surface area contributed by atoms with Gasteiger partial charge in [-0.1, -0.05) is 0 Å². The molecule has 0 aliphatic carbocycles. The maximum absolute atomic E-state index is 5.45. The van der Waals surface area contributed by atoms with E-state index in [-0.39, 0.29) is 11.7 Å². The molecule has 1 aliphatic rings. The largest absolute Gasteiger partial charge is 0.333 e. The third-order valence-corrected chi connectivity index (χ3v) is 1.73. The Kier molecular flexibility index (Phi) is 2.52. The van der Waals surface area contributed by atoms with Gasteiger partial charge in [-0.25, -0.2) is 0 Å². The minimum atomic E-state index is -0.492. The van der Waals surface area contributed by atoms with Crippen LogP contribution in [0.3, 0.4) is 0 Å². The molecular formula is C8H16O3. The molecule has 0 saturated carbocycles. The second-order valence-electron chi connectivity index (χ2n) is 3.55. The van der Waals surface area contributed by atoms with Crippen molar-refractivity contribution in [3.8, 4) is 0 Å². The van der Waals surface area contributed by atoms with Gasteiger partial charge in [-0.3, -0.25) is 0 Å². The van der Waals surface area contributed by atoms with Crippen molar-refractivity contribution < 1.29 is 14.2 Å². The molecule has 0 amide bonds. The Morgan fingerprint density at radius 3 is 2.55 bits per heavy atom. The summed E-state index contributed by atoms with van der Waals surface area (Å²) in [6.07, 6.45) is 1.12. The average molecular weight is 160 g/mol. The molecule has 1 rings (SSSR count). The lowest BCUT2D eigenvalue weighted by molar-refractivity contribution is -0.360. The zero-order valence-corrected chi connectivity index (χ0v) is 7.59. The third-order valence-electron chi connectivity index (χ3n) is 1.73. The predicted octanol–water partition coefficient (Wildman–Crippen LogP) is 1.52. The summed E-state index contributed by atoms with van der Waals surface area (Å²) in [5.41, 5.74) is -0.127. The van der Waals surface area contributed by atoms with Crippen LogP contribution >= 0.6 is 0 Å². The van der Waals surface area contributed by atoms with Gasteiger partial charge >= 0.3 is 0 Å². The first-order valence-electron chi connectivity index (χ1n) is 3.89. The highest BCUT2D eigenvalue weighted by Crippen LogP contribution is 2.27. The van der Waals surface area contributed by atoms with Crippen molar-refractivity contribution in [1.29, 1.82) is 0 Å². The van der Waals surface area contributed by atoms with Gasteiger partial charge in [0.1, 0.15) is 0 Å². The van der Waals surface area contributed by atoms with Gasteiger partial charge in [0.25, 0.3) is 6.48 Å². The number of hydrogen-bond donors (Lipinski definition) is 0. The van der Waals surface area contributed by atoms with Gasteiger partial charge in [0, 0.05) is 13.5 Å². The summed E-state index contributed by atoms with van der Waals surface area (Å²) in [7, 11) is 1.58. The van der Waals surface area contributed by atoms with Gasteiger partial charge in [-0.05, 0) is 20.8 Å². The van der Waals surface area contributed by atoms with Gasteiger partial charge in [0.15, 0.2) is 0 Å². The molecule has 0 bridgehead atoms. The molecule has 1 fully saturated rings. The Labute approximate surface area is 67.6 Å². The van der Waals surface area contributed by atoms with E-state index in [9.17, 15) is 0 Å². The lowest BCUT2D eigenvalue weighted by atomic mass is 10.0. The standard InChI is InChI=1S/C8H16O3/c1-6-5-8(2,3)11-7(9-4)10-6/h6-7H,5H2,1-4H3. The lowest BCUT2D eigenvalue weighted by Crippen LogP contribution is -2.43. The van der Waals surface area contributed by atoms with E-state index in [0.717, 1.165) is 6.42 Å². The molecule has 0 aromatic rings. The van der Waals surface area contributed by atoms with E-state index in [1.807, 2.05) is 20.8 Å². The summed E-state index contributed by atoms with van der Waals surface area (Å²) in [4.78, 5) is 0. The van der Waals surface area contributed by atoms with Crippen LogP contribution in [-0.2, 0) is 14.2 Å². The molecule has 0 radical (unpaired) electrons. The summed E-state index contributed by atoms with van der Waals surface area (Å²) >= 11 is 0. The van der Waals surface area contributed by atoms with E-state index in [0.29, 0.717) is 0 Å². The van der Waals surface area contributed by atoms with E-state index in [4.69, 9.17) is 14.2 Å². The van der Waals surface area contributed by atoms with Crippen LogP contribution in [0.2, 0.25) is 0 Å². The fraction of sp³-hybridized carbons (Fsp3) is 1.00. The topological polar surface area (TPSA) is 27.7 Å². The third kappa shape index (κ3) is 2.43. The lowest BCUT2D eigenvalue weighted by Gasteiger charge is -2.38. The number of hydrogen-bond acceptors (Lipinski definition) is 3. The van der Waals surface area contributed by atoms with Crippen molar-refractivity contribution >= 4 is 0 Å². The molecule has 0 spiro atoms. The first kappa shape index (κ1) is 8.97. The van der Waals surface area contributed by atoms with Crippen LogP contribution in [0.4, 0.5) is 0 Å². The van der Waals surface area contributed by atoms with Crippen molar-refractivity contribution in [3.05, 3.63) is 0 Å². The molecule has 3 heteroatoms. The highest BCUT2D eigenvalue weighted by molar-refractivity contribution is 4.75. The minimum absolute atomic E-state index is 0.127. The van der Waals surface area contributed by atoms with Crippen LogP contribution in [0.25, 0.3) is 0 Å². The van der Waals surface area contributed by atoms with Crippen molar-refractivity contribution in [3.63, 3.8) is 0 Å². The Balaban J connectivity index is 2.51. The molecule has 11 heavy (non-hydrogen) atoms. The maximum atomic E-state index is 5.45. The second-order valence-corrected chi connectivity index (χ2v) is 3.55.